The van der Waals surface area contributed by atoms with Crippen LogP contribution in [0.1, 0.15) is 24.8 Å². The first-order valence-electron chi connectivity index (χ1n) is 8.99. The van der Waals surface area contributed by atoms with Crippen LogP contribution in [-0.4, -0.2) is 53.0 Å². The molecule has 10 heteroatoms. The molecule has 1 amide bonds. The van der Waals surface area contributed by atoms with Crippen LogP contribution in [0.15, 0.2) is 18.5 Å². The summed E-state index contributed by atoms with van der Waals surface area (Å²) in [6.45, 7) is 3.97. The molecule has 1 unspecified atom stereocenters. The first-order valence-corrected chi connectivity index (χ1v) is 9.37. The minimum absolute atomic E-state index is 0.0956. The fraction of sp³-hybridized carbons (Fsp3) is 0.444. The summed E-state index contributed by atoms with van der Waals surface area (Å²) in [7, 11) is 0. The maximum Gasteiger partial charge on any atom is 0.252 e. The third-order valence-corrected chi connectivity index (χ3v) is 5.17. The lowest BCUT2D eigenvalue weighted by atomic mass is 9.86. The molecule has 2 N–H and O–H groups in total. The average Bonchev–Trinajstić information content (AvgIpc) is 2.66. The fourth-order valence-electron chi connectivity index (χ4n) is 3.59. The predicted molar refractivity (Wildman–Crippen MR) is 102 cm³/mol. The van der Waals surface area contributed by atoms with E-state index in [1.54, 1.807) is 12.1 Å². The van der Waals surface area contributed by atoms with Gasteiger partial charge >= 0.3 is 0 Å². The van der Waals surface area contributed by atoms with Gasteiger partial charge in [0.15, 0.2) is 0 Å². The molecule has 2 aliphatic rings. The van der Waals surface area contributed by atoms with Crippen LogP contribution in [0.3, 0.4) is 0 Å². The first kappa shape index (κ1) is 18.9. The van der Waals surface area contributed by atoms with Gasteiger partial charge in [0.2, 0.25) is 5.91 Å². The van der Waals surface area contributed by atoms with Crippen molar-refractivity contribution < 1.29 is 13.6 Å². The van der Waals surface area contributed by atoms with Crippen LogP contribution in [0.2, 0.25) is 5.02 Å². The lowest BCUT2D eigenvalue weighted by Crippen LogP contribution is -2.43. The second kappa shape index (κ2) is 7.21. The number of nitrogens with one attached hydrogen (secondary N) is 2. The molecule has 28 heavy (non-hydrogen) atoms. The Kier molecular flexibility index (Phi) is 4.88. The van der Waals surface area contributed by atoms with Crippen molar-refractivity contribution in [2.45, 2.75) is 25.2 Å². The smallest absolute Gasteiger partial charge is 0.252 e. The Bertz CT molecular complexity index is 913. The Morgan fingerprint density at radius 2 is 2.00 bits per heavy atom. The van der Waals surface area contributed by atoms with Crippen molar-refractivity contribution in [1.29, 1.82) is 0 Å². The lowest BCUT2D eigenvalue weighted by molar-refractivity contribution is -0.119. The minimum Gasteiger partial charge on any atom is -0.354 e. The maximum absolute atomic E-state index is 14.3. The topological polar surface area (TPSA) is 83.0 Å². The van der Waals surface area contributed by atoms with E-state index in [2.05, 4.69) is 30.5 Å². The van der Waals surface area contributed by atoms with E-state index in [1.807, 2.05) is 0 Å². The molecule has 0 aromatic carbocycles. The Morgan fingerprint density at radius 1 is 1.25 bits per heavy atom. The lowest BCUT2D eigenvalue weighted by Gasteiger charge is -2.31. The second-order valence-corrected chi connectivity index (χ2v) is 7.45. The normalized spacial score (nSPS) is 19.9. The Balaban J connectivity index is 1.83. The van der Waals surface area contributed by atoms with Crippen LogP contribution in [-0.2, 0) is 4.79 Å². The summed E-state index contributed by atoms with van der Waals surface area (Å²) in [6.07, 6.45) is 0.889. The highest BCUT2D eigenvalue weighted by Crippen LogP contribution is 2.45. The summed E-state index contributed by atoms with van der Waals surface area (Å²) in [6, 6.07) is 3.34. The van der Waals surface area contributed by atoms with Gasteiger partial charge in [-0.15, -0.1) is 0 Å². The molecule has 0 saturated carbocycles. The highest BCUT2D eigenvalue weighted by atomic mass is 35.5. The van der Waals surface area contributed by atoms with Crippen molar-refractivity contribution in [2.75, 3.05) is 36.4 Å². The molecule has 0 bridgehead atoms. The van der Waals surface area contributed by atoms with Crippen molar-refractivity contribution in [2.24, 2.45) is 0 Å². The molecule has 0 radical (unpaired) electrons. The van der Waals surface area contributed by atoms with Crippen LogP contribution in [0.25, 0.3) is 11.4 Å². The number of amides is 1. The van der Waals surface area contributed by atoms with Crippen molar-refractivity contribution in [1.82, 2.24) is 20.3 Å². The molecule has 1 fully saturated rings. The van der Waals surface area contributed by atoms with Crippen LogP contribution >= 0.6 is 11.6 Å². The van der Waals surface area contributed by atoms with E-state index in [1.165, 1.54) is 6.33 Å². The first-order chi connectivity index (χ1) is 13.3. The number of carbonyl (C=O) groups excluding carboxylic acids is 1. The monoisotopic (exact) mass is 408 g/mol. The van der Waals surface area contributed by atoms with E-state index >= 15 is 0 Å². The zero-order chi connectivity index (χ0) is 19.9. The molecule has 0 aliphatic carbocycles. The number of halogens is 3. The summed E-state index contributed by atoms with van der Waals surface area (Å²) in [5.41, 5.74) is 0.830. The molecular formula is C18H19ClF2N6O. The van der Waals surface area contributed by atoms with Crippen LogP contribution in [0.5, 0.6) is 0 Å². The van der Waals surface area contributed by atoms with E-state index < -0.39 is 17.7 Å². The summed E-state index contributed by atoms with van der Waals surface area (Å²) >= 11 is 6.31. The number of nitrogens with zero attached hydrogens (tertiary/aromatic N) is 4. The largest absolute Gasteiger partial charge is 0.354 e. The van der Waals surface area contributed by atoms with Gasteiger partial charge in [0.25, 0.3) is 5.92 Å². The highest BCUT2D eigenvalue weighted by molar-refractivity contribution is 6.31. The number of fused-ring (bicyclic) bond motifs is 1. The van der Waals surface area contributed by atoms with Gasteiger partial charge in [-0.3, -0.25) is 4.79 Å². The SMILES string of the molecule is CC(F)(F)C1CC(=O)Nc2ncnc(-c3cc(Cl)cc(N4CCNCC4)n3)c21. The van der Waals surface area contributed by atoms with Gasteiger partial charge < -0.3 is 15.5 Å². The minimum atomic E-state index is -3.12. The van der Waals surface area contributed by atoms with Crippen molar-refractivity contribution >= 4 is 29.1 Å². The number of aromatic nitrogens is 3. The molecular weight excluding hydrogens is 390 g/mol. The molecule has 2 aromatic rings. The average molecular weight is 409 g/mol. The molecule has 1 saturated heterocycles. The standard InChI is InChI=1S/C18H19ClF2N6O/c1-18(20,21)11-8-14(28)26-17-15(11)16(23-9-24-17)12-6-10(19)7-13(25-12)27-4-2-22-3-5-27/h6-7,9,11,22H,2-5,8H2,1H3,(H,23,24,26,28). The second-order valence-electron chi connectivity index (χ2n) is 7.01. The number of piperazine rings is 1. The number of anilines is 2. The summed E-state index contributed by atoms with van der Waals surface area (Å²) < 4.78 is 28.6. The predicted octanol–water partition coefficient (Wildman–Crippen LogP) is 2.68. The van der Waals surface area contributed by atoms with E-state index in [-0.39, 0.29) is 23.5 Å². The number of rotatable bonds is 3. The van der Waals surface area contributed by atoms with Gasteiger partial charge in [-0.1, -0.05) is 11.6 Å². The van der Waals surface area contributed by atoms with Gasteiger partial charge in [-0.05, 0) is 19.1 Å². The van der Waals surface area contributed by atoms with E-state index in [9.17, 15) is 13.6 Å². The molecule has 7 nitrogen and oxygen atoms in total. The van der Waals surface area contributed by atoms with Crippen molar-refractivity contribution in [3.63, 3.8) is 0 Å². The summed E-state index contributed by atoms with van der Waals surface area (Å²) in [5, 5.41) is 6.26. The van der Waals surface area contributed by atoms with Crippen LogP contribution in [0.4, 0.5) is 20.4 Å². The Labute approximate surface area is 165 Å². The van der Waals surface area contributed by atoms with Crippen molar-refractivity contribution in [3.05, 3.63) is 29.0 Å². The quantitative estimate of drug-likeness (QED) is 0.812. The molecule has 4 rings (SSSR count). The van der Waals surface area contributed by atoms with Crippen LogP contribution in [0, 0.1) is 0 Å². The third kappa shape index (κ3) is 3.64. The number of hydrogen-bond donors (Lipinski definition) is 2. The molecule has 2 aromatic heterocycles. The molecule has 4 heterocycles. The van der Waals surface area contributed by atoms with Gasteiger partial charge in [-0.2, -0.15) is 0 Å². The fourth-order valence-corrected chi connectivity index (χ4v) is 3.79. The Morgan fingerprint density at radius 3 is 2.71 bits per heavy atom. The Hall–Kier alpha value is -2.39. The van der Waals surface area contributed by atoms with Gasteiger partial charge in [-0.25, -0.2) is 23.7 Å². The molecule has 148 valence electrons. The van der Waals surface area contributed by atoms with E-state index in [4.69, 9.17) is 11.6 Å². The van der Waals surface area contributed by atoms with Crippen LogP contribution < -0.4 is 15.5 Å². The zero-order valence-corrected chi connectivity index (χ0v) is 15.9. The number of alkyl halides is 2. The molecule has 0 spiro atoms. The number of carbonyl (C=O) groups is 1. The zero-order valence-electron chi connectivity index (χ0n) is 15.2. The summed E-state index contributed by atoms with van der Waals surface area (Å²) in [4.78, 5) is 26.8. The van der Waals surface area contributed by atoms with Crippen molar-refractivity contribution in [3.8, 4) is 11.4 Å². The highest BCUT2D eigenvalue weighted by Gasteiger charge is 2.43. The van der Waals surface area contributed by atoms with E-state index in [0.717, 1.165) is 33.1 Å². The van der Waals surface area contributed by atoms with Gasteiger partial charge in [0, 0.05) is 43.2 Å². The number of hydrogen-bond acceptors (Lipinski definition) is 6. The number of pyridine rings is 1. The van der Waals surface area contributed by atoms with E-state index in [0.29, 0.717) is 16.5 Å². The third-order valence-electron chi connectivity index (χ3n) is 4.95. The molecule has 2 aliphatic heterocycles. The maximum atomic E-state index is 14.3. The van der Waals surface area contributed by atoms with Gasteiger partial charge in [0.05, 0.1) is 17.3 Å². The molecule has 1 atom stereocenters. The summed E-state index contributed by atoms with van der Waals surface area (Å²) in [5.74, 6) is -4.19. The van der Waals surface area contributed by atoms with Gasteiger partial charge in [0.1, 0.15) is 18.0 Å².